The molecule has 3 rings (SSSR count). The quantitative estimate of drug-likeness (QED) is 0.472. The van der Waals surface area contributed by atoms with Gasteiger partial charge < -0.3 is 10.1 Å². The van der Waals surface area contributed by atoms with Gasteiger partial charge in [0.15, 0.2) is 0 Å². The molecule has 0 aliphatic heterocycles. The van der Waals surface area contributed by atoms with Gasteiger partial charge in [0.2, 0.25) is 11.6 Å². The Morgan fingerprint density at radius 3 is 2.15 bits per heavy atom. The average molecular weight is 397 g/mol. The maximum atomic E-state index is 13.8. The fourth-order valence-electron chi connectivity index (χ4n) is 2.56. The lowest BCUT2D eigenvalue weighted by Crippen LogP contribution is -2.13. The Balaban J connectivity index is 1.90. The molecule has 3 aromatic rings. The normalized spacial score (nSPS) is 12.1. The van der Waals surface area contributed by atoms with Crippen molar-refractivity contribution in [2.75, 3.05) is 12.4 Å². The molecule has 142 valence electrons. The van der Waals surface area contributed by atoms with Crippen LogP contribution in [-0.4, -0.2) is 17.1 Å². The van der Waals surface area contributed by atoms with Gasteiger partial charge in [-0.2, -0.15) is 22.5 Å². The maximum Gasteiger partial charge on any atom is 0.253 e. The average Bonchev–Trinajstić information content (AvgIpc) is 3.05. The molecule has 1 N–H and O–H groups in total. The maximum absolute atomic E-state index is 13.8. The number of rotatable bonds is 5. The van der Waals surface area contributed by atoms with E-state index in [1.807, 2.05) is 12.1 Å². The first-order valence-corrected chi connectivity index (χ1v) is 8.71. The summed E-state index contributed by atoms with van der Waals surface area (Å²) < 4.78 is 59.3. The van der Waals surface area contributed by atoms with Gasteiger partial charge in [0.25, 0.3) is 11.9 Å². The number of anilines is 1. The van der Waals surface area contributed by atoms with Crippen LogP contribution in [0.1, 0.15) is 23.5 Å². The summed E-state index contributed by atoms with van der Waals surface area (Å²) in [6.45, 7) is 3.37. The van der Waals surface area contributed by atoms with Crippen molar-refractivity contribution in [3.05, 3.63) is 58.4 Å². The highest BCUT2D eigenvalue weighted by Gasteiger charge is 2.24. The number of thiazole rings is 1. The third kappa shape index (κ3) is 3.73. The van der Waals surface area contributed by atoms with Crippen molar-refractivity contribution in [1.82, 2.24) is 9.97 Å². The smallest absolute Gasteiger partial charge is 0.253 e. The molecule has 0 saturated carbocycles. The lowest BCUT2D eigenvalue weighted by Gasteiger charge is -2.15. The van der Waals surface area contributed by atoms with Crippen molar-refractivity contribution >= 4 is 17.0 Å². The molecule has 0 amide bonds. The monoisotopic (exact) mass is 397 g/mol. The molecule has 2 heterocycles. The van der Waals surface area contributed by atoms with Crippen molar-refractivity contribution in [2.45, 2.75) is 19.9 Å². The molecule has 1 unspecified atom stereocenters. The lowest BCUT2D eigenvalue weighted by atomic mass is 10.2. The molecule has 1 aromatic carbocycles. The van der Waals surface area contributed by atoms with Gasteiger partial charge in [-0.1, -0.05) is 0 Å². The van der Waals surface area contributed by atoms with Crippen LogP contribution < -0.4 is 10.1 Å². The zero-order valence-corrected chi connectivity index (χ0v) is 15.4. The zero-order valence-electron chi connectivity index (χ0n) is 14.6. The van der Waals surface area contributed by atoms with E-state index in [2.05, 4.69) is 15.3 Å². The second-order valence-electron chi connectivity index (χ2n) is 5.76. The van der Waals surface area contributed by atoms with E-state index >= 15 is 0 Å². The molecule has 0 fully saturated rings. The molecule has 0 radical (unpaired) electrons. The Kier molecular flexibility index (Phi) is 5.31. The first-order valence-electron chi connectivity index (χ1n) is 7.90. The van der Waals surface area contributed by atoms with Crippen molar-refractivity contribution in [3.63, 3.8) is 0 Å². The Labute approximate surface area is 156 Å². The number of benzene rings is 1. The van der Waals surface area contributed by atoms with Gasteiger partial charge in [0, 0.05) is 10.4 Å². The minimum absolute atomic E-state index is 0.639. The van der Waals surface area contributed by atoms with Crippen LogP contribution in [0, 0.1) is 30.5 Å². The fraction of sp³-hybridized carbons (Fsp3) is 0.222. The van der Waals surface area contributed by atoms with Crippen molar-refractivity contribution in [2.24, 2.45) is 0 Å². The molecular weight excluding hydrogens is 382 g/mol. The molecule has 0 spiro atoms. The molecule has 0 saturated heterocycles. The standard InChI is InChI=1S/C18H15F4N3OS/c1-8(23-14-12(19)16(21)25-17(22)13(14)20)15-9(2)24-18(27-15)10-4-6-11(26-3)7-5-10/h4-8H,1-3H3,(H,23,25). The number of methoxy groups -OCH3 is 1. The van der Waals surface area contributed by atoms with E-state index in [0.717, 1.165) is 5.56 Å². The van der Waals surface area contributed by atoms with E-state index in [4.69, 9.17) is 4.74 Å². The molecule has 9 heteroatoms. The minimum Gasteiger partial charge on any atom is -0.497 e. The predicted octanol–water partition coefficient (Wildman–Crippen LogP) is 5.25. The second-order valence-corrected chi connectivity index (χ2v) is 6.79. The summed E-state index contributed by atoms with van der Waals surface area (Å²) in [5.74, 6) is -5.85. The van der Waals surface area contributed by atoms with Gasteiger partial charge in [0.1, 0.15) is 16.4 Å². The first kappa shape index (κ1) is 19.1. The summed E-state index contributed by atoms with van der Waals surface area (Å²) in [6, 6.07) is 6.62. The van der Waals surface area contributed by atoms with E-state index < -0.39 is 35.3 Å². The van der Waals surface area contributed by atoms with Crippen LogP contribution >= 0.6 is 11.3 Å². The zero-order chi connectivity index (χ0) is 19.7. The SMILES string of the molecule is COc1ccc(-c2nc(C)c(C(C)Nc3c(F)c(F)nc(F)c3F)s2)cc1. The third-order valence-electron chi connectivity index (χ3n) is 3.92. The van der Waals surface area contributed by atoms with Crippen LogP contribution in [0.15, 0.2) is 24.3 Å². The highest BCUT2D eigenvalue weighted by Crippen LogP contribution is 2.35. The number of hydrogen-bond acceptors (Lipinski definition) is 5. The van der Waals surface area contributed by atoms with Gasteiger partial charge in [-0.25, -0.2) is 4.98 Å². The molecule has 2 aromatic heterocycles. The predicted molar refractivity (Wildman–Crippen MR) is 94.9 cm³/mol. The Hall–Kier alpha value is -2.68. The number of hydrogen-bond donors (Lipinski definition) is 1. The summed E-state index contributed by atoms with van der Waals surface area (Å²) in [7, 11) is 1.57. The number of aryl methyl sites for hydroxylation is 1. The lowest BCUT2D eigenvalue weighted by molar-refractivity contribution is 0.410. The van der Waals surface area contributed by atoms with E-state index in [1.54, 1.807) is 33.1 Å². The largest absolute Gasteiger partial charge is 0.497 e. The number of ether oxygens (including phenoxy) is 1. The number of halogens is 4. The van der Waals surface area contributed by atoms with E-state index in [9.17, 15) is 17.6 Å². The molecule has 27 heavy (non-hydrogen) atoms. The van der Waals surface area contributed by atoms with Crippen LogP contribution in [0.25, 0.3) is 10.6 Å². The van der Waals surface area contributed by atoms with Gasteiger partial charge in [-0.05, 0) is 38.1 Å². The van der Waals surface area contributed by atoms with E-state index in [-0.39, 0.29) is 0 Å². The number of aromatic nitrogens is 2. The minimum atomic E-state index is -1.71. The summed E-state index contributed by atoms with van der Waals surface area (Å²) in [5, 5.41) is 3.18. The number of nitrogens with zero attached hydrogens (tertiary/aromatic N) is 2. The highest BCUT2D eigenvalue weighted by atomic mass is 32.1. The van der Waals surface area contributed by atoms with Crippen molar-refractivity contribution in [3.8, 4) is 16.3 Å². The topological polar surface area (TPSA) is 47.0 Å². The molecule has 4 nitrogen and oxygen atoms in total. The van der Waals surface area contributed by atoms with Crippen molar-refractivity contribution in [1.29, 1.82) is 0 Å². The highest BCUT2D eigenvalue weighted by molar-refractivity contribution is 7.15. The van der Waals surface area contributed by atoms with Gasteiger partial charge >= 0.3 is 0 Å². The molecule has 0 bridgehead atoms. The van der Waals surface area contributed by atoms with Gasteiger partial charge in [-0.3, -0.25) is 0 Å². The molecular formula is C18H15F4N3OS. The van der Waals surface area contributed by atoms with Crippen LogP contribution in [0.5, 0.6) is 5.75 Å². The van der Waals surface area contributed by atoms with Crippen LogP contribution in [-0.2, 0) is 0 Å². The third-order valence-corrected chi connectivity index (χ3v) is 5.31. The molecule has 0 aliphatic carbocycles. The van der Waals surface area contributed by atoms with E-state index in [0.29, 0.717) is 21.3 Å². The van der Waals surface area contributed by atoms with Crippen molar-refractivity contribution < 1.29 is 22.3 Å². The van der Waals surface area contributed by atoms with Gasteiger partial charge in [-0.15, -0.1) is 11.3 Å². The second kappa shape index (κ2) is 7.51. The van der Waals surface area contributed by atoms with Crippen LogP contribution in [0.4, 0.5) is 23.2 Å². The Bertz CT molecular complexity index is 949. The number of nitrogens with one attached hydrogen (secondary N) is 1. The molecule has 0 aliphatic rings. The fourth-order valence-corrected chi connectivity index (χ4v) is 3.64. The Morgan fingerprint density at radius 1 is 1.00 bits per heavy atom. The van der Waals surface area contributed by atoms with Gasteiger partial charge in [0.05, 0.1) is 18.8 Å². The summed E-state index contributed by atoms with van der Waals surface area (Å²) in [5.41, 5.74) is 0.591. The van der Waals surface area contributed by atoms with Crippen LogP contribution in [0.3, 0.4) is 0 Å². The summed E-state index contributed by atoms with van der Waals surface area (Å²) >= 11 is 1.31. The number of pyridine rings is 1. The Morgan fingerprint density at radius 2 is 1.59 bits per heavy atom. The van der Waals surface area contributed by atoms with Crippen LogP contribution in [0.2, 0.25) is 0 Å². The molecule has 1 atom stereocenters. The van der Waals surface area contributed by atoms with E-state index in [1.165, 1.54) is 11.3 Å². The summed E-state index contributed by atoms with van der Waals surface area (Å²) in [4.78, 5) is 7.69. The first-order chi connectivity index (χ1) is 12.8. The summed E-state index contributed by atoms with van der Waals surface area (Å²) in [6.07, 6.45) is 0.